The fraction of sp³-hybridized carbons (Fsp3) is 0.217. The van der Waals surface area contributed by atoms with Crippen molar-refractivity contribution in [1.82, 2.24) is 4.98 Å². The molecule has 0 bridgehead atoms. The number of pyridine rings is 1. The second-order valence-corrected chi connectivity index (χ2v) is 5.41. The summed E-state index contributed by atoms with van der Waals surface area (Å²) in [4.78, 5) is 14.2. The van der Waals surface area contributed by atoms with Gasteiger partial charge in [-0.2, -0.15) is 0 Å². The van der Waals surface area contributed by atoms with E-state index in [1.165, 1.54) is 5.56 Å². The summed E-state index contributed by atoms with van der Waals surface area (Å²) in [6.07, 6.45) is 10.1. The summed E-state index contributed by atoms with van der Waals surface area (Å²) in [5.74, 6) is -0.809. The Morgan fingerprint density at radius 1 is 1.08 bits per heavy atom. The van der Waals surface area contributed by atoms with E-state index in [0.29, 0.717) is 5.57 Å². The van der Waals surface area contributed by atoms with Gasteiger partial charge in [0.15, 0.2) is 0 Å². The second kappa shape index (κ2) is 15.6. The molecule has 0 aliphatic heterocycles. The molecule has 3 heteroatoms. The van der Waals surface area contributed by atoms with Crippen LogP contribution in [0.15, 0.2) is 79.5 Å². The van der Waals surface area contributed by atoms with Crippen molar-refractivity contribution in [2.45, 2.75) is 33.1 Å². The van der Waals surface area contributed by atoms with Gasteiger partial charge >= 0.3 is 5.97 Å². The van der Waals surface area contributed by atoms with Gasteiger partial charge in [-0.3, -0.25) is 4.98 Å². The predicted molar refractivity (Wildman–Crippen MR) is 112 cm³/mol. The van der Waals surface area contributed by atoms with Crippen molar-refractivity contribution >= 4 is 18.1 Å². The quantitative estimate of drug-likeness (QED) is 0.493. The van der Waals surface area contributed by atoms with E-state index < -0.39 is 5.97 Å². The van der Waals surface area contributed by atoms with Crippen LogP contribution in [0.5, 0.6) is 0 Å². The average Bonchev–Trinajstić information content (AvgIpc) is 2.70. The third kappa shape index (κ3) is 12.5. The van der Waals surface area contributed by atoms with Gasteiger partial charge in [-0.05, 0) is 37.1 Å². The minimum absolute atomic E-state index is 0.452. The van der Waals surface area contributed by atoms with Crippen LogP contribution in [0.2, 0.25) is 0 Å². The van der Waals surface area contributed by atoms with E-state index in [0.717, 1.165) is 25.0 Å². The molecule has 1 aromatic heterocycles. The summed E-state index contributed by atoms with van der Waals surface area (Å²) >= 11 is 0. The van der Waals surface area contributed by atoms with Gasteiger partial charge in [0.1, 0.15) is 0 Å². The van der Waals surface area contributed by atoms with Gasteiger partial charge in [-0.25, -0.2) is 4.79 Å². The average molecular weight is 351 g/mol. The molecule has 0 fully saturated rings. The number of aliphatic carboxylic acids is 1. The Morgan fingerprint density at radius 2 is 1.73 bits per heavy atom. The molecule has 0 spiro atoms. The standard InChI is InChI=1S/C8H14O2.C8H8.C7H7N/c1-3-4-5-6-7(2)8(9)10;1-2-8-6-4-3-5-7-8;1-2-7-5-3-4-6-8-7/h6H,3-5H2,1-2H3,(H,9,10);2-7H,1H2;2-6H,1H2. The first-order valence-corrected chi connectivity index (χ1v) is 8.66. The lowest BCUT2D eigenvalue weighted by molar-refractivity contribution is -0.132. The molecule has 0 aliphatic rings. The topological polar surface area (TPSA) is 50.2 Å². The summed E-state index contributed by atoms with van der Waals surface area (Å²) < 4.78 is 0. The molecule has 138 valence electrons. The summed E-state index contributed by atoms with van der Waals surface area (Å²) in [6.45, 7) is 10.9. The monoisotopic (exact) mass is 351 g/mol. The molecule has 0 unspecified atom stereocenters. The normalized spacial score (nSPS) is 9.69. The van der Waals surface area contributed by atoms with Crippen LogP contribution in [0, 0.1) is 0 Å². The van der Waals surface area contributed by atoms with Crippen molar-refractivity contribution in [3.8, 4) is 0 Å². The minimum atomic E-state index is -0.809. The highest BCUT2D eigenvalue weighted by Crippen LogP contribution is 2.00. The molecule has 0 saturated heterocycles. The number of unbranched alkanes of at least 4 members (excludes halogenated alkanes) is 2. The number of carbonyl (C=O) groups is 1. The van der Waals surface area contributed by atoms with Gasteiger partial charge in [0.25, 0.3) is 0 Å². The van der Waals surface area contributed by atoms with Crippen molar-refractivity contribution in [2.75, 3.05) is 0 Å². The molecule has 2 rings (SSSR count). The lowest BCUT2D eigenvalue weighted by Gasteiger charge is -1.91. The number of hydrogen-bond donors (Lipinski definition) is 1. The van der Waals surface area contributed by atoms with Gasteiger partial charge < -0.3 is 5.11 Å². The van der Waals surface area contributed by atoms with Crippen molar-refractivity contribution in [1.29, 1.82) is 0 Å². The van der Waals surface area contributed by atoms with Gasteiger partial charge in [0, 0.05) is 11.8 Å². The molecular formula is C23H29NO2. The molecule has 0 atom stereocenters. The number of nitrogens with zero attached hydrogens (tertiary/aromatic N) is 1. The Kier molecular flexibility index (Phi) is 13.8. The van der Waals surface area contributed by atoms with Crippen molar-refractivity contribution in [3.63, 3.8) is 0 Å². The molecule has 1 heterocycles. The van der Waals surface area contributed by atoms with E-state index in [9.17, 15) is 4.79 Å². The fourth-order valence-electron chi connectivity index (χ4n) is 1.70. The van der Waals surface area contributed by atoms with Gasteiger partial charge in [0.05, 0.1) is 5.69 Å². The second-order valence-electron chi connectivity index (χ2n) is 5.41. The number of benzene rings is 1. The Balaban J connectivity index is 0.000000363. The zero-order valence-electron chi connectivity index (χ0n) is 15.8. The first kappa shape index (κ1) is 23.1. The van der Waals surface area contributed by atoms with Crippen LogP contribution in [-0.4, -0.2) is 16.1 Å². The third-order valence-corrected chi connectivity index (χ3v) is 3.28. The van der Waals surface area contributed by atoms with Crippen LogP contribution in [0.3, 0.4) is 0 Å². The molecule has 26 heavy (non-hydrogen) atoms. The molecule has 1 N–H and O–H groups in total. The third-order valence-electron chi connectivity index (χ3n) is 3.28. The molecule has 3 nitrogen and oxygen atoms in total. The maximum atomic E-state index is 10.2. The van der Waals surface area contributed by atoms with Crippen molar-refractivity contribution in [2.24, 2.45) is 0 Å². The van der Waals surface area contributed by atoms with Crippen LogP contribution in [0.4, 0.5) is 0 Å². The zero-order chi connectivity index (χ0) is 19.6. The molecule has 0 amide bonds. The largest absolute Gasteiger partial charge is 0.478 e. The first-order chi connectivity index (χ1) is 12.5. The first-order valence-electron chi connectivity index (χ1n) is 8.66. The summed E-state index contributed by atoms with van der Waals surface area (Å²) in [5.41, 5.74) is 2.55. The molecule has 0 radical (unpaired) electrons. The molecular weight excluding hydrogens is 322 g/mol. The highest BCUT2D eigenvalue weighted by atomic mass is 16.4. The van der Waals surface area contributed by atoms with Crippen LogP contribution in [-0.2, 0) is 4.79 Å². The van der Waals surface area contributed by atoms with E-state index in [-0.39, 0.29) is 0 Å². The molecule has 2 aromatic rings. The fourth-order valence-corrected chi connectivity index (χ4v) is 1.70. The minimum Gasteiger partial charge on any atom is -0.478 e. The van der Waals surface area contributed by atoms with Gasteiger partial charge in [0.2, 0.25) is 0 Å². The van der Waals surface area contributed by atoms with E-state index in [1.807, 2.05) is 54.6 Å². The summed E-state index contributed by atoms with van der Waals surface area (Å²) in [6, 6.07) is 15.8. The zero-order valence-corrected chi connectivity index (χ0v) is 15.8. The van der Waals surface area contributed by atoms with E-state index >= 15 is 0 Å². The smallest absolute Gasteiger partial charge is 0.330 e. The highest BCUT2D eigenvalue weighted by molar-refractivity contribution is 5.85. The Morgan fingerprint density at radius 3 is 2.12 bits per heavy atom. The van der Waals surface area contributed by atoms with E-state index in [1.54, 1.807) is 25.3 Å². The number of rotatable bonds is 6. The molecule has 0 aliphatic carbocycles. The van der Waals surface area contributed by atoms with E-state index in [2.05, 4.69) is 25.1 Å². The Bertz CT molecular complexity index is 618. The summed E-state index contributed by atoms with van der Waals surface area (Å²) in [5, 5.41) is 8.41. The van der Waals surface area contributed by atoms with Crippen molar-refractivity contribution in [3.05, 3.63) is 90.8 Å². The predicted octanol–water partition coefficient (Wildman–Crippen LogP) is 6.26. The van der Waals surface area contributed by atoms with Gasteiger partial charge in [-0.1, -0.05) is 81.5 Å². The summed E-state index contributed by atoms with van der Waals surface area (Å²) in [7, 11) is 0. The van der Waals surface area contributed by atoms with E-state index in [4.69, 9.17) is 5.11 Å². The number of carboxylic acid groups (broad SMARTS) is 1. The maximum absolute atomic E-state index is 10.2. The number of allylic oxidation sites excluding steroid dienone is 1. The van der Waals surface area contributed by atoms with Crippen LogP contribution in [0.25, 0.3) is 12.2 Å². The molecule has 0 saturated carbocycles. The van der Waals surface area contributed by atoms with Crippen LogP contribution < -0.4 is 0 Å². The molecule has 1 aromatic carbocycles. The highest BCUT2D eigenvalue weighted by Gasteiger charge is 1.96. The lowest BCUT2D eigenvalue weighted by atomic mass is 10.2. The van der Waals surface area contributed by atoms with Gasteiger partial charge in [-0.15, -0.1) is 0 Å². The lowest BCUT2D eigenvalue weighted by Crippen LogP contribution is -1.95. The van der Waals surface area contributed by atoms with Crippen LogP contribution in [0.1, 0.15) is 44.4 Å². The van der Waals surface area contributed by atoms with Crippen molar-refractivity contribution < 1.29 is 9.90 Å². The van der Waals surface area contributed by atoms with Crippen LogP contribution >= 0.6 is 0 Å². The SMILES string of the molecule is C=Cc1ccccc1.C=Cc1ccccn1.CCCCC=C(C)C(=O)O. The Hall–Kier alpha value is -2.94. The number of aromatic nitrogens is 1. The number of hydrogen-bond acceptors (Lipinski definition) is 2. The number of carboxylic acids is 1. The maximum Gasteiger partial charge on any atom is 0.330 e. The Labute approximate surface area is 157 Å².